The number of nitro benzene ring substituents is 1. The normalized spacial score (nSPS) is 10.5. The van der Waals surface area contributed by atoms with Crippen molar-refractivity contribution in [2.75, 3.05) is 0 Å². The van der Waals surface area contributed by atoms with Gasteiger partial charge in [-0.2, -0.15) is 4.39 Å². The zero-order valence-electron chi connectivity index (χ0n) is 7.28. The summed E-state index contributed by atoms with van der Waals surface area (Å²) in [4.78, 5) is 13.8. The van der Waals surface area contributed by atoms with E-state index in [2.05, 4.69) is 20.9 Å². The lowest BCUT2D eigenvalue weighted by atomic mass is 10.2. The summed E-state index contributed by atoms with van der Waals surface area (Å²) < 4.78 is 13.4. The SMILES string of the molecule is O=[N+]([O-])c1c(F)cc2ncccc2c1Br. The molecule has 0 amide bonds. The number of hydrogen-bond acceptors (Lipinski definition) is 3. The van der Waals surface area contributed by atoms with Crippen molar-refractivity contribution in [2.24, 2.45) is 0 Å². The Morgan fingerprint density at radius 1 is 1.53 bits per heavy atom. The van der Waals surface area contributed by atoms with Gasteiger partial charge in [0.1, 0.15) is 4.47 Å². The smallest absolute Gasteiger partial charge is 0.258 e. The van der Waals surface area contributed by atoms with Gasteiger partial charge in [0.2, 0.25) is 5.82 Å². The van der Waals surface area contributed by atoms with E-state index in [0.717, 1.165) is 6.07 Å². The van der Waals surface area contributed by atoms with E-state index in [1.54, 1.807) is 12.1 Å². The molecule has 0 aliphatic carbocycles. The Morgan fingerprint density at radius 3 is 2.93 bits per heavy atom. The number of pyridine rings is 1. The molecule has 1 heterocycles. The molecule has 6 heteroatoms. The molecule has 0 aliphatic heterocycles. The van der Waals surface area contributed by atoms with Gasteiger partial charge < -0.3 is 0 Å². The van der Waals surface area contributed by atoms with Crippen LogP contribution in [0.4, 0.5) is 10.1 Å². The van der Waals surface area contributed by atoms with Crippen LogP contribution < -0.4 is 0 Å². The van der Waals surface area contributed by atoms with Gasteiger partial charge in [-0.15, -0.1) is 0 Å². The van der Waals surface area contributed by atoms with Gasteiger partial charge in [0.25, 0.3) is 0 Å². The van der Waals surface area contributed by atoms with Gasteiger partial charge in [-0.3, -0.25) is 15.1 Å². The van der Waals surface area contributed by atoms with Crippen molar-refractivity contribution >= 4 is 32.5 Å². The minimum atomic E-state index is -0.891. The fourth-order valence-electron chi connectivity index (χ4n) is 1.31. The zero-order chi connectivity index (χ0) is 11.0. The largest absolute Gasteiger partial charge is 0.319 e. The summed E-state index contributed by atoms with van der Waals surface area (Å²) in [7, 11) is 0. The highest BCUT2D eigenvalue weighted by Gasteiger charge is 2.21. The van der Waals surface area contributed by atoms with Crippen molar-refractivity contribution in [3.8, 4) is 0 Å². The van der Waals surface area contributed by atoms with Crippen LogP contribution in [0.15, 0.2) is 28.9 Å². The minimum Gasteiger partial charge on any atom is -0.258 e. The van der Waals surface area contributed by atoms with E-state index in [1.807, 2.05) is 0 Å². The molecule has 0 atom stereocenters. The summed E-state index contributed by atoms with van der Waals surface area (Å²) in [5, 5.41) is 11.1. The molecule has 2 rings (SSSR count). The van der Waals surface area contributed by atoms with E-state index < -0.39 is 16.4 Å². The van der Waals surface area contributed by atoms with Gasteiger partial charge in [-0.1, -0.05) is 0 Å². The van der Waals surface area contributed by atoms with Crippen LogP contribution in [0.1, 0.15) is 0 Å². The molecule has 76 valence electrons. The molecule has 0 unspecified atom stereocenters. The summed E-state index contributed by atoms with van der Waals surface area (Å²) in [5.74, 6) is -0.891. The van der Waals surface area contributed by atoms with E-state index in [0.29, 0.717) is 10.9 Å². The topological polar surface area (TPSA) is 56.0 Å². The van der Waals surface area contributed by atoms with E-state index in [9.17, 15) is 14.5 Å². The van der Waals surface area contributed by atoms with E-state index in [4.69, 9.17) is 0 Å². The first-order valence-corrected chi connectivity index (χ1v) is 4.77. The third-order valence-electron chi connectivity index (χ3n) is 1.96. The summed E-state index contributed by atoms with van der Waals surface area (Å²) in [6.45, 7) is 0. The second kappa shape index (κ2) is 3.54. The average molecular weight is 271 g/mol. The summed E-state index contributed by atoms with van der Waals surface area (Å²) in [5.41, 5.74) is -0.178. The molecule has 4 nitrogen and oxygen atoms in total. The van der Waals surface area contributed by atoms with Crippen LogP contribution in [-0.4, -0.2) is 9.91 Å². The zero-order valence-corrected chi connectivity index (χ0v) is 8.86. The van der Waals surface area contributed by atoms with E-state index >= 15 is 0 Å². The van der Waals surface area contributed by atoms with Crippen LogP contribution in [0.2, 0.25) is 0 Å². The molecule has 0 saturated carbocycles. The summed E-state index contributed by atoms with van der Waals surface area (Å²) in [6, 6.07) is 4.33. The van der Waals surface area contributed by atoms with E-state index in [-0.39, 0.29) is 4.47 Å². The number of benzene rings is 1. The summed E-state index contributed by atoms with van der Waals surface area (Å²) >= 11 is 3.01. The molecule has 0 spiro atoms. The van der Waals surface area contributed by atoms with Crippen molar-refractivity contribution in [3.63, 3.8) is 0 Å². The fraction of sp³-hybridized carbons (Fsp3) is 0. The average Bonchev–Trinajstić information content (AvgIpc) is 2.17. The molecule has 1 aromatic carbocycles. The quantitative estimate of drug-likeness (QED) is 0.591. The molecular weight excluding hydrogens is 267 g/mol. The first-order chi connectivity index (χ1) is 7.11. The van der Waals surface area contributed by atoms with Gasteiger partial charge in [0.05, 0.1) is 10.4 Å². The Hall–Kier alpha value is -1.56. The molecule has 0 fully saturated rings. The number of rotatable bonds is 1. The van der Waals surface area contributed by atoms with Crippen molar-refractivity contribution in [2.45, 2.75) is 0 Å². The second-order valence-electron chi connectivity index (χ2n) is 2.85. The van der Waals surface area contributed by atoms with Crippen molar-refractivity contribution in [3.05, 3.63) is 44.8 Å². The first kappa shape index (κ1) is 9.97. The maximum Gasteiger partial charge on any atom is 0.319 e. The second-order valence-corrected chi connectivity index (χ2v) is 3.64. The Balaban J connectivity index is 2.90. The predicted molar refractivity (Wildman–Crippen MR) is 56.1 cm³/mol. The molecule has 1 aromatic heterocycles. The molecule has 0 bridgehead atoms. The molecule has 0 saturated heterocycles. The molecule has 2 aromatic rings. The highest BCUT2D eigenvalue weighted by Crippen LogP contribution is 2.34. The van der Waals surface area contributed by atoms with Crippen LogP contribution in [0.5, 0.6) is 0 Å². The third kappa shape index (κ3) is 1.56. The van der Waals surface area contributed by atoms with Gasteiger partial charge in [-0.05, 0) is 28.1 Å². The van der Waals surface area contributed by atoms with Crippen molar-refractivity contribution < 1.29 is 9.31 Å². The molecular formula is C9H4BrFN2O2. The highest BCUT2D eigenvalue weighted by molar-refractivity contribution is 9.10. The van der Waals surface area contributed by atoms with Crippen LogP contribution in [0.25, 0.3) is 10.9 Å². The number of fused-ring (bicyclic) bond motifs is 1. The van der Waals surface area contributed by atoms with Crippen LogP contribution in [-0.2, 0) is 0 Å². The Labute approximate surface area is 92.0 Å². The van der Waals surface area contributed by atoms with Gasteiger partial charge in [0.15, 0.2) is 0 Å². The highest BCUT2D eigenvalue weighted by atomic mass is 79.9. The lowest BCUT2D eigenvalue weighted by Gasteiger charge is -2.01. The standard InChI is InChI=1S/C9H4BrFN2O2/c10-8-5-2-1-3-12-7(5)4-6(11)9(8)13(14)15/h1-4H. The van der Waals surface area contributed by atoms with Crippen LogP contribution in [0, 0.1) is 15.9 Å². The van der Waals surface area contributed by atoms with Gasteiger partial charge >= 0.3 is 5.69 Å². The number of nitro groups is 1. The maximum absolute atomic E-state index is 13.3. The first-order valence-electron chi connectivity index (χ1n) is 3.98. The van der Waals surface area contributed by atoms with Gasteiger partial charge in [-0.25, -0.2) is 0 Å². The minimum absolute atomic E-state index is 0.121. The third-order valence-corrected chi connectivity index (χ3v) is 2.76. The number of hydrogen-bond donors (Lipinski definition) is 0. The number of halogens is 2. The lowest BCUT2D eigenvalue weighted by Crippen LogP contribution is -1.95. The molecule has 15 heavy (non-hydrogen) atoms. The summed E-state index contributed by atoms with van der Waals surface area (Å²) in [6.07, 6.45) is 1.50. The Kier molecular flexibility index (Phi) is 2.36. The van der Waals surface area contributed by atoms with Crippen LogP contribution >= 0.6 is 15.9 Å². The fourth-order valence-corrected chi connectivity index (χ4v) is 1.98. The molecule has 0 aliphatic rings. The monoisotopic (exact) mass is 270 g/mol. The Morgan fingerprint density at radius 2 is 2.27 bits per heavy atom. The van der Waals surface area contributed by atoms with Crippen molar-refractivity contribution in [1.82, 2.24) is 4.98 Å². The maximum atomic E-state index is 13.3. The Bertz CT molecular complexity index is 559. The predicted octanol–water partition coefficient (Wildman–Crippen LogP) is 3.04. The number of nitrogens with zero attached hydrogens (tertiary/aromatic N) is 2. The van der Waals surface area contributed by atoms with Gasteiger partial charge in [0, 0.05) is 17.6 Å². The molecule has 0 N–H and O–H groups in total. The molecule has 0 radical (unpaired) electrons. The van der Waals surface area contributed by atoms with Crippen molar-refractivity contribution in [1.29, 1.82) is 0 Å². The van der Waals surface area contributed by atoms with E-state index in [1.165, 1.54) is 6.20 Å². The van der Waals surface area contributed by atoms with Crippen LogP contribution in [0.3, 0.4) is 0 Å². The lowest BCUT2D eigenvalue weighted by molar-refractivity contribution is -0.388. The number of aromatic nitrogens is 1.